The van der Waals surface area contributed by atoms with Gasteiger partial charge in [0.2, 0.25) is 5.91 Å². The Morgan fingerprint density at radius 1 is 1.24 bits per heavy atom. The molecule has 33 heavy (non-hydrogen) atoms. The maximum absolute atomic E-state index is 11.2. The summed E-state index contributed by atoms with van der Waals surface area (Å²) in [6, 6.07) is 14.5. The molecule has 1 aliphatic rings. The number of nitrogens with one attached hydrogen (secondary N) is 3. The standard InChI is InChI=1S/C27H28ClN4O/c1-17(33)29-11-8-19-2-5-22-26(15-19)32-25-7-4-21(28)16-23(25)27(22)31-12-9-18-3-6-24-20(14-18)10-13-30-24/h3-4,6-7,9-10,13-14,16,19,30H,2,5,8,11-12,15H2,1H3,(H,29,33)(H,31,32). The lowest BCUT2D eigenvalue weighted by Crippen LogP contribution is -2.26. The van der Waals surface area contributed by atoms with Crippen LogP contribution < -0.4 is 10.6 Å². The molecular weight excluding hydrogens is 432 g/mol. The predicted octanol–water partition coefficient (Wildman–Crippen LogP) is 5.67. The molecule has 0 aliphatic heterocycles. The fraction of sp³-hybridized carbons (Fsp3) is 0.296. The van der Waals surface area contributed by atoms with E-state index in [4.69, 9.17) is 16.6 Å². The topological polar surface area (TPSA) is 69.8 Å². The lowest BCUT2D eigenvalue weighted by atomic mass is 9.83. The first kappa shape index (κ1) is 21.8. The van der Waals surface area contributed by atoms with Crippen LogP contribution in [-0.2, 0) is 17.6 Å². The van der Waals surface area contributed by atoms with E-state index in [2.05, 4.69) is 46.3 Å². The van der Waals surface area contributed by atoms with E-state index in [0.717, 1.165) is 65.9 Å². The van der Waals surface area contributed by atoms with E-state index in [9.17, 15) is 4.79 Å². The lowest BCUT2D eigenvalue weighted by molar-refractivity contribution is -0.119. The zero-order valence-corrected chi connectivity index (χ0v) is 19.5. The second kappa shape index (κ2) is 9.44. The Labute approximate surface area is 198 Å². The molecule has 0 fully saturated rings. The summed E-state index contributed by atoms with van der Waals surface area (Å²) in [4.78, 5) is 19.5. The molecule has 2 aromatic carbocycles. The average Bonchev–Trinajstić information content (AvgIpc) is 3.26. The van der Waals surface area contributed by atoms with Crippen molar-refractivity contribution < 1.29 is 4.79 Å². The first-order valence-corrected chi connectivity index (χ1v) is 11.9. The summed E-state index contributed by atoms with van der Waals surface area (Å²) < 4.78 is 0. The van der Waals surface area contributed by atoms with E-state index in [0.29, 0.717) is 5.92 Å². The zero-order chi connectivity index (χ0) is 22.8. The van der Waals surface area contributed by atoms with Crippen LogP contribution in [-0.4, -0.2) is 29.0 Å². The van der Waals surface area contributed by atoms with Crippen molar-refractivity contribution in [3.8, 4) is 0 Å². The molecule has 1 aliphatic carbocycles. The van der Waals surface area contributed by atoms with Gasteiger partial charge in [0.1, 0.15) is 0 Å². The summed E-state index contributed by atoms with van der Waals surface area (Å²) in [6.45, 7) is 3.02. The summed E-state index contributed by atoms with van der Waals surface area (Å²) >= 11 is 6.35. The zero-order valence-electron chi connectivity index (χ0n) is 18.7. The van der Waals surface area contributed by atoms with Gasteiger partial charge in [-0.2, -0.15) is 0 Å². The van der Waals surface area contributed by atoms with Crippen molar-refractivity contribution in [2.45, 2.75) is 32.6 Å². The molecule has 0 saturated carbocycles. The molecule has 169 valence electrons. The maximum atomic E-state index is 11.2. The highest BCUT2D eigenvalue weighted by atomic mass is 35.5. The van der Waals surface area contributed by atoms with Crippen molar-refractivity contribution in [1.82, 2.24) is 15.3 Å². The van der Waals surface area contributed by atoms with E-state index in [1.807, 2.05) is 24.4 Å². The largest absolute Gasteiger partial charge is 0.384 e. The fourth-order valence-electron chi connectivity index (χ4n) is 4.86. The van der Waals surface area contributed by atoms with Gasteiger partial charge in [-0.3, -0.25) is 9.78 Å². The smallest absolute Gasteiger partial charge is 0.216 e. The number of nitrogens with zero attached hydrogens (tertiary/aromatic N) is 1. The number of aromatic amines is 1. The number of benzene rings is 2. The number of aromatic nitrogens is 2. The Morgan fingerprint density at radius 2 is 2.15 bits per heavy atom. The molecule has 2 aromatic heterocycles. The fourth-order valence-corrected chi connectivity index (χ4v) is 5.03. The summed E-state index contributed by atoms with van der Waals surface area (Å²) in [6.07, 6.45) is 8.19. The third kappa shape index (κ3) is 4.83. The monoisotopic (exact) mass is 459 g/mol. The minimum atomic E-state index is 0.0330. The highest BCUT2D eigenvalue weighted by Gasteiger charge is 2.24. The van der Waals surface area contributed by atoms with Crippen LogP contribution in [0.2, 0.25) is 5.02 Å². The van der Waals surface area contributed by atoms with Crippen LogP contribution in [0.3, 0.4) is 0 Å². The maximum Gasteiger partial charge on any atom is 0.216 e. The van der Waals surface area contributed by atoms with Gasteiger partial charge in [0.05, 0.1) is 5.52 Å². The van der Waals surface area contributed by atoms with Gasteiger partial charge >= 0.3 is 0 Å². The molecule has 1 radical (unpaired) electrons. The summed E-state index contributed by atoms with van der Waals surface area (Å²) in [5.41, 5.74) is 6.93. The lowest BCUT2D eigenvalue weighted by Gasteiger charge is -2.27. The molecule has 6 heteroatoms. The number of fused-ring (bicyclic) bond motifs is 3. The Kier molecular flexibility index (Phi) is 6.23. The second-order valence-corrected chi connectivity index (χ2v) is 9.30. The first-order chi connectivity index (χ1) is 16.1. The molecule has 1 atom stereocenters. The summed E-state index contributed by atoms with van der Waals surface area (Å²) in [5.74, 6) is 0.569. The van der Waals surface area contributed by atoms with Crippen molar-refractivity contribution >= 4 is 45.0 Å². The third-order valence-electron chi connectivity index (χ3n) is 6.54. The van der Waals surface area contributed by atoms with Gasteiger partial charge in [0.25, 0.3) is 0 Å². The van der Waals surface area contributed by atoms with E-state index in [1.165, 1.54) is 22.2 Å². The van der Waals surface area contributed by atoms with Crippen LogP contribution in [0.1, 0.15) is 36.6 Å². The number of H-pyrrole nitrogens is 1. The van der Waals surface area contributed by atoms with Gasteiger partial charge < -0.3 is 15.6 Å². The van der Waals surface area contributed by atoms with Gasteiger partial charge in [0, 0.05) is 59.9 Å². The Hall–Kier alpha value is -3.05. The van der Waals surface area contributed by atoms with Gasteiger partial charge in [-0.25, -0.2) is 0 Å². The Morgan fingerprint density at radius 3 is 3.03 bits per heavy atom. The molecule has 0 bridgehead atoms. The highest BCUT2D eigenvalue weighted by Crippen LogP contribution is 2.37. The molecule has 1 unspecified atom stereocenters. The number of anilines is 1. The molecule has 2 heterocycles. The van der Waals surface area contributed by atoms with Crippen LogP contribution in [0.4, 0.5) is 5.69 Å². The normalized spacial score (nSPS) is 15.5. The first-order valence-electron chi connectivity index (χ1n) is 11.6. The van der Waals surface area contributed by atoms with E-state index in [-0.39, 0.29) is 5.91 Å². The minimum Gasteiger partial charge on any atom is -0.384 e. The quantitative estimate of drug-likeness (QED) is 0.333. The molecule has 5 rings (SSSR count). The molecule has 4 aromatic rings. The van der Waals surface area contributed by atoms with Crippen molar-refractivity contribution in [3.05, 3.63) is 76.9 Å². The van der Waals surface area contributed by atoms with Crippen LogP contribution in [0.5, 0.6) is 0 Å². The highest BCUT2D eigenvalue weighted by molar-refractivity contribution is 6.31. The van der Waals surface area contributed by atoms with Crippen molar-refractivity contribution in [2.24, 2.45) is 5.92 Å². The Balaban J connectivity index is 1.37. The van der Waals surface area contributed by atoms with Gasteiger partial charge in [-0.15, -0.1) is 0 Å². The molecule has 1 amide bonds. The van der Waals surface area contributed by atoms with Crippen LogP contribution >= 0.6 is 11.6 Å². The van der Waals surface area contributed by atoms with Crippen LogP contribution in [0.25, 0.3) is 21.8 Å². The predicted molar refractivity (Wildman–Crippen MR) is 136 cm³/mol. The Bertz CT molecular complexity index is 1310. The SMILES string of the molecule is CC(=O)NCCC1CCc2c(nc3ccc(Cl)cc3c2NC[CH]c2ccc3[nH]ccc3c2)C1. The molecule has 0 saturated heterocycles. The number of pyridine rings is 1. The van der Waals surface area contributed by atoms with Crippen LogP contribution in [0.15, 0.2) is 48.7 Å². The number of rotatable bonds is 7. The molecular formula is C27H28ClN4O. The van der Waals surface area contributed by atoms with Gasteiger partial charge in [-0.1, -0.05) is 17.7 Å². The molecule has 5 nitrogen and oxygen atoms in total. The number of hydrogen-bond acceptors (Lipinski definition) is 3. The number of carbonyl (C=O) groups excluding carboxylic acids is 1. The number of halogens is 1. The van der Waals surface area contributed by atoms with Crippen molar-refractivity contribution in [2.75, 3.05) is 18.4 Å². The number of amides is 1. The average molecular weight is 460 g/mol. The number of carbonyl (C=O) groups is 1. The summed E-state index contributed by atoms with van der Waals surface area (Å²) in [5, 5.41) is 9.62. The molecule has 0 spiro atoms. The number of hydrogen-bond donors (Lipinski definition) is 3. The van der Waals surface area contributed by atoms with E-state index in [1.54, 1.807) is 6.92 Å². The van der Waals surface area contributed by atoms with E-state index < -0.39 is 0 Å². The van der Waals surface area contributed by atoms with Crippen molar-refractivity contribution in [1.29, 1.82) is 0 Å². The van der Waals surface area contributed by atoms with Crippen molar-refractivity contribution in [3.63, 3.8) is 0 Å². The second-order valence-electron chi connectivity index (χ2n) is 8.86. The molecule has 3 N–H and O–H groups in total. The van der Waals surface area contributed by atoms with Gasteiger partial charge in [-0.05, 0) is 84.5 Å². The minimum absolute atomic E-state index is 0.0330. The van der Waals surface area contributed by atoms with Crippen LogP contribution in [0, 0.1) is 12.3 Å². The van der Waals surface area contributed by atoms with E-state index >= 15 is 0 Å². The van der Waals surface area contributed by atoms with Gasteiger partial charge in [0.15, 0.2) is 0 Å². The summed E-state index contributed by atoms with van der Waals surface area (Å²) in [7, 11) is 0. The third-order valence-corrected chi connectivity index (χ3v) is 6.77.